The molecule has 0 aliphatic heterocycles. The first-order valence-electron chi connectivity index (χ1n) is 15.7. The second kappa shape index (κ2) is 9.69. The maximum absolute atomic E-state index is 6.37. The van der Waals surface area contributed by atoms with Crippen molar-refractivity contribution in [2.24, 2.45) is 0 Å². The lowest BCUT2D eigenvalue weighted by Gasteiger charge is -2.19. The Kier molecular flexibility index (Phi) is 5.31. The summed E-state index contributed by atoms with van der Waals surface area (Å²) in [6.07, 6.45) is 0. The summed E-state index contributed by atoms with van der Waals surface area (Å²) in [5, 5.41) is 9.40. The van der Waals surface area contributed by atoms with E-state index in [4.69, 9.17) is 8.83 Å². The summed E-state index contributed by atoms with van der Waals surface area (Å²) < 4.78 is 12.6. The van der Waals surface area contributed by atoms with Gasteiger partial charge in [0.2, 0.25) is 0 Å². The molecule has 0 saturated heterocycles. The van der Waals surface area contributed by atoms with Crippen LogP contribution in [0.25, 0.3) is 98.8 Å². The molecular formula is C44H26O2. The van der Waals surface area contributed by atoms with Crippen molar-refractivity contribution >= 4 is 65.4 Å². The molecule has 0 bridgehead atoms. The van der Waals surface area contributed by atoms with Crippen molar-refractivity contribution in [1.29, 1.82) is 0 Å². The molecule has 0 saturated carbocycles. The van der Waals surface area contributed by atoms with Gasteiger partial charge in [0.05, 0.1) is 0 Å². The van der Waals surface area contributed by atoms with E-state index in [2.05, 4.69) is 140 Å². The third-order valence-corrected chi connectivity index (χ3v) is 9.47. The van der Waals surface area contributed by atoms with E-state index in [1.165, 1.54) is 54.9 Å². The van der Waals surface area contributed by atoms with E-state index in [0.717, 1.165) is 43.9 Å². The molecular weight excluding hydrogens is 560 g/mol. The number of rotatable bonds is 3. The molecule has 10 rings (SSSR count). The number of para-hydroxylation sites is 2. The van der Waals surface area contributed by atoms with Gasteiger partial charge in [-0.2, -0.15) is 0 Å². The Morgan fingerprint density at radius 2 is 0.848 bits per heavy atom. The number of furan rings is 2. The monoisotopic (exact) mass is 586 g/mol. The topological polar surface area (TPSA) is 26.3 Å². The molecule has 2 aromatic heterocycles. The normalized spacial score (nSPS) is 11.9. The minimum Gasteiger partial charge on any atom is -0.456 e. The van der Waals surface area contributed by atoms with E-state index in [1.54, 1.807) is 0 Å². The summed E-state index contributed by atoms with van der Waals surface area (Å²) in [5.74, 6) is 0. The van der Waals surface area contributed by atoms with Crippen molar-refractivity contribution in [2.45, 2.75) is 0 Å². The molecule has 2 heterocycles. The number of benzene rings is 8. The second-order valence-electron chi connectivity index (χ2n) is 12.0. The van der Waals surface area contributed by atoms with Gasteiger partial charge in [-0.25, -0.2) is 0 Å². The Labute approximate surface area is 264 Å². The predicted molar refractivity (Wildman–Crippen MR) is 192 cm³/mol. The third-order valence-electron chi connectivity index (χ3n) is 9.47. The molecule has 0 atom stereocenters. The molecule has 0 aliphatic rings. The Hall–Kier alpha value is -6.12. The van der Waals surface area contributed by atoms with Crippen molar-refractivity contribution in [2.75, 3.05) is 0 Å². The third kappa shape index (κ3) is 3.65. The highest BCUT2D eigenvalue weighted by atomic mass is 16.3. The van der Waals surface area contributed by atoms with Crippen molar-refractivity contribution in [3.8, 4) is 33.4 Å². The molecule has 46 heavy (non-hydrogen) atoms. The Bertz CT molecular complexity index is 2800. The first-order valence-corrected chi connectivity index (χ1v) is 15.7. The van der Waals surface area contributed by atoms with Gasteiger partial charge in [-0.05, 0) is 91.3 Å². The summed E-state index contributed by atoms with van der Waals surface area (Å²) in [5.41, 5.74) is 10.8. The van der Waals surface area contributed by atoms with Gasteiger partial charge < -0.3 is 8.83 Å². The number of hydrogen-bond acceptors (Lipinski definition) is 2. The van der Waals surface area contributed by atoms with Gasteiger partial charge in [0.25, 0.3) is 0 Å². The minimum atomic E-state index is 0.901. The molecule has 0 N–H and O–H groups in total. The maximum atomic E-state index is 6.37. The van der Waals surface area contributed by atoms with Gasteiger partial charge in [0.15, 0.2) is 0 Å². The van der Waals surface area contributed by atoms with Crippen molar-refractivity contribution in [1.82, 2.24) is 0 Å². The zero-order chi connectivity index (χ0) is 30.2. The van der Waals surface area contributed by atoms with Crippen LogP contribution in [0.15, 0.2) is 167 Å². The van der Waals surface area contributed by atoms with Crippen LogP contribution in [0.2, 0.25) is 0 Å². The molecule has 0 radical (unpaired) electrons. The highest BCUT2D eigenvalue weighted by Crippen LogP contribution is 2.48. The van der Waals surface area contributed by atoms with E-state index in [0.29, 0.717) is 0 Å². The van der Waals surface area contributed by atoms with Gasteiger partial charge in [-0.1, -0.05) is 121 Å². The van der Waals surface area contributed by atoms with Crippen LogP contribution in [0.3, 0.4) is 0 Å². The number of fused-ring (bicyclic) bond motifs is 8. The van der Waals surface area contributed by atoms with Gasteiger partial charge in [0, 0.05) is 21.5 Å². The quantitative estimate of drug-likeness (QED) is 0.193. The largest absolute Gasteiger partial charge is 0.456 e. The van der Waals surface area contributed by atoms with E-state index in [9.17, 15) is 0 Å². The second-order valence-corrected chi connectivity index (χ2v) is 12.0. The maximum Gasteiger partial charge on any atom is 0.136 e. The van der Waals surface area contributed by atoms with E-state index < -0.39 is 0 Å². The molecule has 0 aliphatic carbocycles. The fourth-order valence-corrected chi connectivity index (χ4v) is 7.45. The molecule has 0 fully saturated rings. The predicted octanol–water partition coefficient (Wildman–Crippen LogP) is 12.8. The van der Waals surface area contributed by atoms with Crippen molar-refractivity contribution in [3.05, 3.63) is 158 Å². The van der Waals surface area contributed by atoms with Crippen LogP contribution in [0.5, 0.6) is 0 Å². The van der Waals surface area contributed by atoms with Crippen LogP contribution in [-0.2, 0) is 0 Å². The fourth-order valence-electron chi connectivity index (χ4n) is 7.45. The lowest BCUT2D eigenvalue weighted by molar-refractivity contribution is 0.668. The number of hydrogen-bond donors (Lipinski definition) is 0. The molecule has 0 unspecified atom stereocenters. The summed E-state index contributed by atoms with van der Waals surface area (Å²) in [6.45, 7) is 0. The Morgan fingerprint density at radius 1 is 0.283 bits per heavy atom. The minimum absolute atomic E-state index is 0.901. The fraction of sp³-hybridized carbons (Fsp3) is 0. The lowest BCUT2D eigenvalue weighted by Crippen LogP contribution is -1.92. The zero-order valence-electron chi connectivity index (χ0n) is 24.8. The Morgan fingerprint density at radius 3 is 1.67 bits per heavy atom. The van der Waals surface area contributed by atoms with Crippen LogP contribution in [0.4, 0.5) is 0 Å². The van der Waals surface area contributed by atoms with E-state index in [-0.39, 0.29) is 0 Å². The molecule has 214 valence electrons. The first-order chi connectivity index (χ1) is 22.8. The highest BCUT2D eigenvalue weighted by molar-refractivity contribution is 6.26. The van der Waals surface area contributed by atoms with Crippen molar-refractivity contribution < 1.29 is 8.83 Å². The van der Waals surface area contributed by atoms with Gasteiger partial charge in [-0.3, -0.25) is 0 Å². The van der Waals surface area contributed by atoms with E-state index in [1.807, 2.05) is 18.2 Å². The van der Waals surface area contributed by atoms with Crippen LogP contribution >= 0.6 is 0 Å². The average molecular weight is 587 g/mol. The van der Waals surface area contributed by atoms with Crippen LogP contribution in [-0.4, -0.2) is 0 Å². The van der Waals surface area contributed by atoms with Crippen LogP contribution in [0.1, 0.15) is 0 Å². The first kappa shape index (κ1) is 25.2. The molecule has 0 amide bonds. The molecule has 8 aromatic carbocycles. The van der Waals surface area contributed by atoms with E-state index >= 15 is 0 Å². The van der Waals surface area contributed by atoms with Gasteiger partial charge in [-0.15, -0.1) is 0 Å². The summed E-state index contributed by atoms with van der Waals surface area (Å²) in [7, 11) is 0. The highest BCUT2D eigenvalue weighted by Gasteiger charge is 2.21. The molecule has 2 heteroatoms. The average Bonchev–Trinajstić information content (AvgIpc) is 3.69. The summed E-state index contributed by atoms with van der Waals surface area (Å²) in [4.78, 5) is 0. The Balaban J connectivity index is 1.37. The smallest absolute Gasteiger partial charge is 0.136 e. The van der Waals surface area contributed by atoms with Crippen molar-refractivity contribution in [3.63, 3.8) is 0 Å². The molecule has 10 aromatic rings. The standard InChI is InChI=1S/C44H26O2/c1-2-11-27(12-3-1)28-21-23-33-37(25-28)42(29-22-24-40-36(26-29)30-13-6-8-18-38(30)45-40)31-14-4-5-15-32(31)43(33)35-17-10-20-41-44(35)34-16-7-9-19-39(34)46-41/h1-26H. The summed E-state index contributed by atoms with van der Waals surface area (Å²) >= 11 is 0. The SMILES string of the molecule is c1ccc(-c2ccc3c(-c4cccc5oc6ccccc6c45)c4ccccc4c(-c4ccc5oc6ccccc6c5c4)c3c2)cc1. The summed E-state index contributed by atoms with van der Waals surface area (Å²) in [6, 6.07) is 56.2. The van der Waals surface area contributed by atoms with Gasteiger partial charge >= 0.3 is 0 Å². The van der Waals surface area contributed by atoms with Crippen LogP contribution < -0.4 is 0 Å². The molecule has 2 nitrogen and oxygen atoms in total. The van der Waals surface area contributed by atoms with Crippen LogP contribution in [0, 0.1) is 0 Å². The van der Waals surface area contributed by atoms with Gasteiger partial charge in [0.1, 0.15) is 22.3 Å². The molecule has 0 spiro atoms. The lowest BCUT2D eigenvalue weighted by atomic mass is 9.83. The zero-order valence-corrected chi connectivity index (χ0v) is 24.8.